The molecule has 152 valence electrons. The van der Waals surface area contributed by atoms with Crippen LogP contribution in [0.15, 0.2) is 48.5 Å². The molecule has 0 aliphatic carbocycles. The zero-order chi connectivity index (χ0) is 21.7. The van der Waals surface area contributed by atoms with Crippen molar-refractivity contribution >= 4 is 23.5 Å². The Morgan fingerprint density at radius 3 is 2.43 bits per heavy atom. The number of para-hydroxylation sites is 1. The normalized spacial score (nSPS) is 10.2. The maximum atomic E-state index is 12.7. The van der Waals surface area contributed by atoms with Gasteiger partial charge in [0.2, 0.25) is 0 Å². The minimum atomic E-state index is -0.793. The maximum absolute atomic E-state index is 12.7. The molecule has 8 nitrogen and oxygen atoms in total. The number of hydrogen-bond acceptors (Lipinski definition) is 7. The molecule has 0 aliphatic heterocycles. The Balaban J connectivity index is 2.37. The topological polar surface area (TPSA) is 103 Å². The molecular weight excluding hydrogens is 410 g/mol. The highest BCUT2D eigenvalue weighted by atomic mass is 35.5. The third-order valence-corrected chi connectivity index (χ3v) is 4.38. The second-order valence-corrected chi connectivity index (χ2v) is 6.33. The van der Waals surface area contributed by atoms with Gasteiger partial charge in [0.05, 0.1) is 19.9 Å². The van der Waals surface area contributed by atoms with Gasteiger partial charge in [-0.3, -0.25) is 0 Å². The highest BCUT2D eigenvalue weighted by Crippen LogP contribution is 2.36. The van der Waals surface area contributed by atoms with Crippen molar-refractivity contribution in [1.82, 2.24) is 9.78 Å². The van der Waals surface area contributed by atoms with E-state index in [1.807, 2.05) is 6.07 Å². The number of hydrogen-bond donors (Lipinski definition) is 0. The van der Waals surface area contributed by atoms with Crippen molar-refractivity contribution in [2.24, 2.45) is 0 Å². The van der Waals surface area contributed by atoms with Gasteiger partial charge in [0.15, 0.2) is 12.3 Å². The summed E-state index contributed by atoms with van der Waals surface area (Å²) in [6.07, 6.45) is 0. The number of esters is 2. The summed E-state index contributed by atoms with van der Waals surface area (Å²) in [4.78, 5) is 25.3. The summed E-state index contributed by atoms with van der Waals surface area (Å²) in [5.74, 6) is -1.31. The molecular formula is C21H16ClN3O5. The summed E-state index contributed by atoms with van der Waals surface area (Å²) in [6.45, 7) is -0.231. The summed E-state index contributed by atoms with van der Waals surface area (Å²) in [6, 6.07) is 15.3. The maximum Gasteiger partial charge on any atom is 0.357 e. The molecule has 1 heterocycles. The van der Waals surface area contributed by atoms with Crippen LogP contribution in [0.1, 0.15) is 20.8 Å². The van der Waals surface area contributed by atoms with E-state index in [1.165, 1.54) is 25.0 Å². The number of halogens is 1. The standard InChI is InChI=1S/C21H16ClN3O5/c1-28-20(26)17-18(15-12-13(22)8-9-16(15)30-11-10-23)24-25(19(17)21(27)29-2)14-6-4-3-5-7-14/h3-9,12H,11H2,1-2H3. The largest absolute Gasteiger partial charge is 0.478 e. The Hall–Kier alpha value is -3.83. The summed E-state index contributed by atoms with van der Waals surface area (Å²) in [7, 11) is 2.39. The molecule has 1 aromatic heterocycles. The number of rotatable bonds is 6. The van der Waals surface area contributed by atoms with Crippen LogP contribution in [-0.4, -0.2) is 42.5 Å². The van der Waals surface area contributed by atoms with Crippen LogP contribution in [0.25, 0.3) is 16.9 Å². The molecule has 0 fully saturated rings. The van der Waals surface area contributed by atoms with Gasteiger partial charge in [-0.05, 0) is 30.3 Å². The van der Waals surface area contributed by atoms with E-state index in [0.717, 1.165) is 0 Å². The van der Waals surface area contributed by atoms with Crippen LogP contribution in [0.5, 0.6) is 5.75 Å². The van der Waals surface area contributed by atoms with Crippen molar-refractivity contribution in [2.45, 2.75) is 0 Å². The molecule has 0 aliphatic rings. The lowest BCUT2D eigenvalue weighted by molar-refractivity contribution is 0.0549. The van der Waals surface area contributed by atoms with Crippen molar-refractivity contribution in [3.05, 3.63) is 64.8 Å². The minimum Gasteiger partial charge on any atom is -0.478 e. The molecule has 0 bridgehead atoms. The van der Waals surface area contributed by atoms with E-state index in [2.05, 4.69) is 5.10 Å². The second kappa shape index (κ2) is 9.11. The molecule has 0 saturated heterocycles. The van der Waals surface area contributed by atoms with Crippen LogP contribution in [0, 0.1) is 11.3 Å². The van der Waals surface area contributed by atoms with E-state index in [-0.39, 0.29) is 29.3 Å². The quantitative estimate of drug-likeness (QED) is 0.555. The second-order valence-electron chi connectivity index (χ2n) is 5.89. The first-order chi connectivity index (χ1) is 14.5. The number of nitriles is 1. The Labute approximate surface area is 177 Å². The van der Waals surface area contributed by atoms with E-state index in [9.17, 15) is 9.59 Å². The lowest BCUT2D eigenvalue weighted by Crippen LogP contribution is -2.15. The Morgan fingerprint density at radius 1 is 1.10 bits per heavy atom. The SMILES string of the molecule is COC(=O)c1c(-c2cc(Cl)ccc2OCC#N)nn(-c2ccccc2)c1C(=O)OC. The lowest BCUT2D eigenvalue weighted by Gasteiger charge is -2.09. The fourth-order valence-electron chi connectivity index (χ4n) is 2.87. The Morgan fingerprint density at radius 2 is 1.80 bits per heavy atom. The number of aromatic nitrogens is 2. The fraction of sp³-hybridized carbons (Fsp3) is 0.143. The van der Waals surface area contributed by atoms with Gasteiger partial charge in [0, 0.05) is 10.6 Å². The molecule has 2 aromatic carbocycles. The van der Waals surface area contributed by atoms with Crippen LogP contribution in [0.2, 0.25) is 5.02 Å². The molecule has 30 heavy (non-hydrogen) atoms. The fourth-order valence-corrected chi connectivity index (χ4v) is 3.04. The van der Waals surface area contributed by atoms with E-state index in [1.54, 1.807) is 42.5 Å². The van der Waals surface area contributed by atoms with Crippen molar-refractivity contribution in [2.75, 3.05) is 20.8 Å². The first-order valence-corrected chi connectivity index (χ1v) is 9.04. The molecule has 0 unspecified atom stereocenters. The minimum absolute atomic E-state index is 0.0987. The predicted molar refractivity (Wildman–Crippen MR) is 108 cm³/mol. The van der Waals surface area contributed by atoms with Gasteiger partial charge in [-0.15, -0.1) is 0 Å². The molecule has 9 heteroatoms. The van der Waals surface area contributed by atoms with Crippen LogP contribution in [-0.2, 0) is 9.47 Å². The smallest absolute Gasteiger partial charge is 0.357 e. The van der Waals surface area contributed by atoms with Gasteiger partial charge in [0.1, 0.15) is 23.1 Å². The zero-order valence-corrected chi connectivity index (χ0v) is 16.8. The van der Waals surface area contributed by atoms with E-state index >= 15 is 0 Å². The highest BCUT2D eigenvalue weighted by Gasteiger charge is 2.32. The first kappa shape index (κ1) is 20.9. The van der Waals surface area contributed by atoms with Gasteiger partial charge >= 0.3 is 11.9 Å². The van der Waals surface area contributed by atoms with Gasteiger partial charge in [-0.1, -0.05) is 29.8 Å². The number of nitrogens with zero attached hydrogens (tertiary/aromatic N) is 3. The molecule has 0 spiro atoms. The van der Waals surface area contributed by atoms with E-state index < -0.39 is 11.9 Å². The van der Waals surface area contributed by atoms with Crippen LogP contribution >= 0.6 is 11.6 Å². The van der Waals surface area contributed by atoms with Gasteiger partial charge in [-0.25, -0.2) is 14.3 Å². The van der Waals surface area contributed by atoms with E-state index in [4.69, 9.17) is 31.1 Å². The molecule has 0 saturated carbocycles. The van der Waals surface area contributed by atoms with E-state index in [0.29, 0.717) is 16.3 Å². The molecule has 0 atom stereocenters. The van der Waals surface area contributed by atoms with Crippen molar-refractivity contribution in [1.29, 1.82) is 5.26 Å². The van der Waals surface area contributed by atoms with Crippen LogP contribution in [0.3, 0.4) is 0 Å². The average Bonchev–Trinajstić information content (AvgIpc) is 3.18. The predicted octanol–water partition coefficient (Wildman–Crippen LogP) is 3.67. The summed E-state index contributed by atoms with van der Waals surface area (Å²) in [5, 5.41) is 13.7. The molecule has 3 aromatic rings. The average molecular weight is 426 g/mol. The number of benzene rings is 2. The zero-order valence-electron chi connectivity index (χ0n) is 16.1. The van der Waals surface area contributed by atoms with Crippen molar-refractivity contribution in [3.8, 4) is 28.8 Å². The van der Waals surface area contributed by atoms with Gasteiger partial charge < -0.3 is 14.2 Å². The van der Waals surface area contributed by atoms with Crippen LogP contribution < -0.4 is 4.74 Å². The Kier molecular flexibility index (Phi) is 6.35. The summed E-state index contributed by atoms with van der Waals surface area (Å²) >= 11 is 6.16. The molecule has 0 radical (unpaired) electrons. The number of carbonyl (C=O) groups is 2. The molecule has 3 rings (SSSR count). The van der Waals surface area contributed by atoms with Gasteiger partial charge in [0.25, 0.3) is 0 Å². The molecule has 0 N–H and O–H groups in total. The third kappa shape index (κ3) is 3.97. The van der Waals surface area contributed by atoms with Crippen molar-refractivity contribution in [3.63, 3.8) is 0 Å². The highest BCUT2D eigenvalue weighted by molar-refractivity contribution is 6.31. The Bertz CT molecular complexity index is 1140. The number of methoxy groups -OCH3 is 2. The number of ether oxygens (including phenoxy) is 3. The van der Waals surface area contributed by atoms with Gasteiger partial charge in [-0.2, -0.15) is 10.4 Å². The number of carbonyl (C=O) groups excluding carboxylic acids is 2. The summed E-state index contributed by atoms with van der Waals surface area (Å²) in [5.41, 5.74) is 0.712. The van der Waals surface area contributed by atoms with Crippen LogP contribution in [0.4, 0.5) is 0 Å². The molecule has 0 amide bonds. The monoisotopic (exact) mass is 425 g/mol. The summed E-state index contributed by atoms with van der Waals surface area (Å²) < 4.78 is 16.6. The first-order valence-electron chi connectivity index (χ1n) is 8.66. The third-order valence-electron chi connectivity index (χ3n) is 4.14. The van der Waals surface area contributed by atoms with Crippen molar-refractivity contribution < 1.29 is 23.8 Å². The lowest BCUT2D eigenvalue weighted by atomic mass is 10.0.